The minimum atomic E-state index is -0.514. The van der Waals surface area contributed by atoms with Gasteiger partial charge in [-0.05, 0) is 83.9 Å². The Bertz CT molecular complexity index is 1490. The van der Waals surface area contributed by atoms with Gasteiger partial charge in [-0.1, -0.05) is 70.7 Å². The third-order valence-electron chi connectivity index (χ3n) is 6.72. The van der Waals surface area contributed by atoms with Gasteiger partial charge in [-0.3, -0.25) is 0 Å². The van der Waals surface area contributed by atoms with E-state index < -0.39 is 12.0 Å². The number of hydrogen-bond acceptors (Lipinski definition) is 4. The van der Waals surface area contributed by atoms with Crippen molar-refractivity contribution in [3.63, 3.8) is 0 Å². The van der Waals surface area contributed by atoms with E-state index in [1.165, 1.54) is 7.11 Å². The quantitative estimate of drug-likeness (QED) is 0.225. The number of esters is 1. The highest BCUT2D eigenvalue weighted by Gasteiger charge is 2.41. The molecule has 4 aromatic carbocycles. The second kappa shape index (κ2) is 11.9. The molecule has 0 aromatic heterocycles. The van der Waals surface area contributed by atoms with E-state index in [-0.39, 0.29) is 6.04 Å². The van der Waals surface area contributed by atoms with Crippen molar-refractivity contribution in [3.05, 3.63) is 140 Å². The number of rotatable bonds is 6. The molecule has 0 saturated carbocycles. The van der Waals surface area contributed by atoms with Crippen molar-refractivity contribution in [3.8, 4) is 0 Å². The van der Waals surface area contributed by atoms with Crippen LogP contribution in [0.25, 0.3) is 0 Å². The minimum Gasteiger partial charge on any atom is -0.466 e. The van der Waals surface area contributed by atoms with Crippen LogP contribution >= 0.6 is 46.4 Å². The average molecular weight is 598 g/mol. The Kier molecular flexibility index (Phi) is 8.39. The fourth-order valence-corrected chi connectivity index (χ4v) is 5.44. The zero-order chi connectivity index (χ0) is 27.5. The van der Waals surface area contributed by atoms with Crippen LogP contribution in [-0.2, 0) is 9.53 Å². The number of carbonyl (C=O) groups is 1. The topological polar surface area (TPSA) is 41.6 Å². The van der Waals surface area contributed by atoms with Crippen molar-refractivity contribution in [2.24, 2.45) is 0 Å². The van der Waals surface area contributed by atoms with Crippen LogP contribution in [-0.4, -0.2) is 13.1 Å². The molecule has 4 aromatic rings. The summed E-state index contributed by atoms with van der Waals surface area (Å²) in [7, 11) is 1.39. The molecule has 198 valence electrons. The summed E-state index contributed by atoms with van der Waals surface area (Å²) < 4.78 is 5.36. The van der Waals surface area contributed by atoms with Crippen LogP contribution in [0.5, 0.6) is 0 Å². The van der Waals surface area contributed by atoms with Crippen molar-refractivity contribution in [1.82, 2.24) is 0 Å². The van der Waals surface area contributed by atoms with E-state index in [1.807, 2.05) is 84.9 Å². The van der Waals surface area contributed by atoms with Crippen molar-refractivity contribution < 1.29 is 9.53 Å². The molecule has 1 heterocycles. The number of methoxy groups -OCH3 is 1. The first-order chi connectivity index (χ1) is 18.8. The number of benzene rings is 4. The van der Waals surface area contributed by atoms with Gasteiger partial charge in [0.15, 0.2) is 0 Å². The second-order valence-electron chi connectivity index (χ2n) is 9.12. The van der Waals surface area contributed by atoms with E-state index in [0.29, 0.717) is 32.1 Å². The monoisotopic (exact) mass is 596 g/mol. The highest BCUT2D eigenvalue weighted by atomic mass is 35.5. The summed E-state index contributed by atoms with van der Waals surface area (Å²) in [6, 6.07) is 29.6. The molecule has 5 rings (SSSR count). The number of hydrogen-bond donors (Lipinski definition) is 1. The summed E-state index contributed by atoms with van der Waals surface area (Å²) in [6.45, 7) is 0. The summed E-state index contributed by atoms with van der Waals surface area (Å²) in [5, 5.41) is 5.99. The lowest BCUT2D eigenvalue weighted by Gasteiger charge is -2.46. The minimum absolute atomic E-state index is 0.174. The standard InChI is InChI=1S/C31H24Cl4N2O2/c1-39-31(38)29-27(36-25-14-10-23(34)11-15-25)18-28(19-2-6-21(32)7-3-19)37(26-16-12-24(35)13-17-26)30(29)20-4-8-22(33)9-5-20/h2-17,28,30,36H,18H2,1H3/t28-,30+/m0/s1. The van der Waals surface area contributed by atoms with Crippen LogP contribution in [0.4, 0.5) is 11.4 Å². The highest BCUT2D eigenvalue weighted by Crippen LogP contribution is 2.48. The summed E-state index contributed by atoms with van der Waals surface area (Å²) in [6.07, 6.45) is 0.488. The van der Waals surface area contributed by atoms with Crippen LogP contribution in [0.1, 0.15) is 29.6 Å². The van der Waals surface area contributed by atoms with Gasteiger partial charge in [0.1, 0.15) is 0 Å². The third kappa shape index (κ3) is 6.05. The van der Waals surface area contributed by atoms with Gasteiger partial charge >= 0.3 is 5.97 Å². The maximum Gasteiger partial charge on any atom is 0.337 e. The summed E-state index contributed by atoms with van der Waals surface area (Å²) in [5.41, 5.74) is 4.85. The zero-order valence-electron chi connectivity index (χ0n) is 20.9. The van der Waals surface area contributed by atoms with E-state index in [4.69, 9.17) is 51.1 Å². The average Bonchev–Trinajstić information content (AvgIpc) is 2.95. The van der Waals surface area contributed by atoms with Crippen LogP contribution in [0.2, 0.25) is 20.1 Å². The van der Waals surface area contributed by atoms with Crippen molar-refractivity contribution in [2.75, 3.05) is 17.3 Å². The molecule has 0 unspecified atom stereocenters. The first kappa shape index (κ1) is 27.4. The Hall–Kier alpha value is -3.15. The number of carbonyl (C=O) groups excluding carboxylic acids is 1. The van der Waals surface area contributed by atoms with Gasteiger partial charge in [-0.25, -0.2) is 4.79 Å². The van der Waals surface area contributed by atoms with Crippen LogP contribution < -0.4 is 10.2 Å². The summed E-state index contributed by atoms with van der Waals surface area (Å²) in [5.74, 6) is -0.431. The molecule has 0 bridgehead atoms. The second-order valence-corrected chi connectivity index (χ2v) is 10.9. The molecule has 1 aliphatic heterocycles. The van der Waals surface area contributed by atoms with E-state index in [9.17, 15) is 4.79 Å². The Morgan fingerprint density at radius 1 is 0.718 bits per heavy atom. The van der Waals surface area contributed by atoms with Crippen molar-refractivity contribution in [2.45, 2.75) is 18.5 Å². The maximum atomic E-state index is 13.6. The smallest absolute Gasteiger partial charge is 0.337 e. The lowest BCUT2D eigenvalue weighted by atomic mass is 9.84. The van der Waals surface area contributed by atoms with E-state index in [2.05, 4.69) is 10.2 Å². The molecular formula is C31H24Cl4N2O2. The fraction of sp³-hybridized carbons (Fsp3) is 0.129. The fourth-order valence-electron chi connectivity index (χ4n) is 4.93. The van der Waals surface area contributed by atoms with E-state index >= 15 is 0 Å². The molecule has 4 nitrogen and oxygen atoms in total. The molecule has 0 saturated heterocycles. The Morgan fingerprint density at radius 2 is 1.18 bits per heavy atom. The van der Waals surface area contributed by atoms with Crippen molar-refractivity contribution in [1.29, 1.82) is 0 Å². The molecule has 0 radical (unpaired) electrons. The van der Waals surface area contributed by atoms with Crippen LogP contribution in [0, 0.1) is 0 Å². The summed E-state index contributed by atoms with van der Waals surface area (Å²) >= 11 is 24.9. The number of nitrogens with one attached hydrogen (secondary N) is 1. The van der Waals surface area contributed by atoms with Gasteiger partial charge in [0.25, 0.3) is 0 Å². The molecule has 0 spiro atoms. The molecular weight excluding hydrogens is 574 g/mol. The van der Waals surface area contributed by atoms with Gasteiger partial charge < -0.3 is 15.0 Å². The van der Waals surface area contributed by atoms with Crippen molar-refractivity contribution >= 4 is 63.7 Å². The highest BCUT2D eigenvalue weighted by molar-refractivity contribution is 6.31. The number of halogens is 4. The predicted octanol–water partition coefficient (Wildman–Crippen LogP) is 9.53. The lowest BCUT2D eigenvalue weighted by Crippen LogP contribution is -2.41. The predicted molar refractivity (Wildman–Crippen MR) is 161 cm³/mol. The lowest BCUT2D eigenvalue weighted by molar-refractivity contribution is -0.136. The molecule has 2 atom stereocenters. The Balaban J connectivity index is 1.77. The summed E-state index contributed by atoms with van der Waals surface area (Å²) in [4.78, 5) is 15.8. The first-order valence-electron chi connectivity index (χ1n) is 12.2. The SMILES string of the molecule is COC(=O)C1=C(Nc2ccc(Cl)cc2)C[C@@H](c2ccc(Cl)cc2)N(c2ccc(Cl)cc2)[C@@H]1c1ccc(Cl)cc1. The molecule has 0 aliphatic carbocycles. The Labute approximate surface area is 247 Å². The van der Waals surface area contributed by atoms with E-state index in [1.54, 1.807) is 12.1 Å². The maximum absolute atomic E-state index is 13.6. The molecule has 1 aliphatic rings. The first-order valence-corrected chi connectivity index (χ1v) is 13.7. The van der Waals surface area contributed by atoms with Crippen LogP contribution in [0.15, 0.2) is 108 Å². The number of anilines is 2. The van der Waals surface area contributed by atoms with Gasteiger partial charge in [0, 0.05) is 43.6 Å². The third-order valence-corrected chi connectivity index (χ3v) is 7.73. The van der Waals surface area contributed by atoms with Gasteiger partial charge in [-0.15, -0.1) is 0 Å². The van der Waals surface area contributed by atoms with Crippen LogP contribution in [0.3, 0.4) is 0 Å². The number of nitrogens with zero attached hydrogens (tertiary/aromatic N) is 1. The largest absolute Gasteiger partial charge is 0.466 e. The molecule has 8 heteroatoms. The zero-order valence-corrected chi connectivity index (χ0v) is 23.9. The van der Waals surface area contributed by atoms with E-state index in [0.717, 1.165) is 28.2 Å². The van der Waals surface area contributed by atoms with Gasteiger partial charge in [0.2, 0.25) is 0 Å². The molecule has 1 N–H and O–H groups in total. The number of ether oxygens (including phenoxy) is 1. The van der Waals surface area contributed by atoms with Gasteiger partial charge in [-0.2, -0.15) is 0 Å². The Morgan fingerprint density at radius 3 is 1.69 bits per heavy atom. The normalized spacial score (nSPS) is 17.2. The molecule has 39 heavy (non-hydrogen) atoms. The van der Waals surface area contributed by atoms with Gasteiger partial charge in [0.05, 0.1) is 24.8 Å². The molecule has 0 fully saturated rings. The molecule has 0 amide bonds.